The van der Waals surface area contributed by atoms with Crippen molar-refractivity contribution in [3.05, 3.63) is 46.9 Å². The largest absolute Gasteiger partial charge is 0.394 e. The molecule has 2 aromatic heterocycles. The van der Waals surface area contributed by atoms with Gasteiger partial charge in [0.2, 0.25) is 0 Å². The van der Waals surface area contributed by atoms with Crippen LogP contribution in [0.3, 0.4) is 0 Å². The molecule has 1 aromatic carbocycles. The van der Waals surface area contributed by atoms with E-state index < -0.39 is 18.5 Å². The van der Waals surface area contributed by atoms with Gasteiger partial charge in [0, 0.05) is 43.3 Å². The summed E-state index contributed by atoms with van der Waals surface area (Å²) in [6.07, 6.45) is 0.681. The van der Waals surface area contributed by atoms with Gasteiger partial charge in [-0.2, -0.15) is 0 Å². The Morgan fingerprint density at radius 3 is 2.94 bits per heavy atom. The van der Waals surface area contributed by atoms with Crippen molar-refractivity contribution in [2.45, 2.75) is 25.5 Å². The van der Waals surface area contributed by atoms with E-state index in [0.717, 1.165) is 10.2 Å². The highest BCUT2D eigenvalue weighted by atomic mass is 35.5. The van der Waals surface area contributed by atoms with Crippen molar-refractivity contribution < 1.29 is 19.4 Å². The molecule has 0 radical (unpaired) electrons. The number of hydrogen-bond acceptors (Lipinski definition) is 7. The molecule has 0 unspecified atom stereocenters. The molecular weight excluding hydrogens is 457 g/mol. The molecule has 8 nitrogen and oxygen atoms in total. The third-order valence-electron chi connectivity index (χ3n) is 5.31. The first-order valence-electron chi connectivity index (χ1n) is 10.2. The molecule has 1 aliphatic heterocycles. The highest BCUT2D eigenvalue weighted by Crippen LogP contribution is 2.29. The second kappa shape index (κ2) is 9.53. The zero-order chi connectivity index (χ0) is 22.8. The molecule has 170 valence electrons. The molecule has 3 aromatic rings. The second-order valence-corrected chi connectivity index (χ2v) is 9.21. The zero-order valence-corrected chi connectivity index (χ0v) is 18.9. The topological polar surface area (TPSA) is 102 Å². The van der Waals surface area contributed by atoms with Crippen molar-refractivity contribution >= 4 is 50.1 Å². The van der Waals surface area contributed by atoms with E-state index >= 15 is 0 Å². The monoisotopic (exact) mass is 479 g/mol. The van der Waals surface area contributed by atoms with Crippen molar-refractivity contribution in [1.82, 2.24) is 14.9 Å². The van der Waals surface area contributed by atoms with Gasteiger partial charge in [-0.1, -0.05) is 22.9 Å². The van der Waals surface area contributed by atoms with Crippen LogP contribution in [0.15, 0.2) is 30.5 Å². The number of thiazole rings is 1. The molecule has 4 rings (SSSR count). The number of carbonyl (C=O) groups is 1. The maximum Gasteiger partial charge on any atom is 0.324 e. The SMILES string of the molecule is C[C@@H]1CN(c2ncc(C[C@@H](O)CO)cc2F)CCN1C(=O)Nc1nc2ccc(Cl)cc2s1. The van der Waals surface area contributed by atoms with Gasteiger partial charge in [-0.15, -0.1) is 0 Å². The Kier molecular flexibility index (Phi) is 6.75. The fraction of sp³-hybridized carbons (Fsp3) is 0.381. The fourth-order valence-corrected chi connectivity index (χ4v) is 4.85. The van der Waals surface area contributed by atoms with Gasteiger partial charge in [-0.25, -0.2) is 19.2 Å². The summed E-state index contributed by atoms with van der Waals surface area (Å²) in [5.41, 5.74) is 1.28. The average Bonchev–Trinajstić information content (AvgIpc) is 3.14. The minimum Gasteiger partial charge on any atom is -0.394 e. The first-order chi connectivity index (χ1) is 15.3. The lowest BCUT2D eigenvalue weighted by molar-refractivity contribution is 0.0954. The molecule has 1 fully saturated rings. The molecule has 2 atom stereocenters. The number of aliphatic hydroxyl groups excluding tert-OH is 2. The summed E-state index contributed by atoms with van der Waals surface area (Å²) in [5.74, 6) is -0.284. The molecule has 1 aliphatic rings. The summed E-state index contributed by atoms with van der Waals surface area (Å²) in [6, 6.07) is 6.26. The van der Waals surface area contributed by atoms with Gasteiger partial charge in [0.1, 0.15) is 0 Å². The summed E-state index contributed by atoms with van der Waals surface area (Å²) in [4.78, 5) is 24.9. The normalized spacial score (nSPS) is 17.6. The minimum atomic E-state index is -0.948. The third-order valence-corrected chi connectivity index (χ3v) is 6.48. The van der Waals surface area contributed by atoms with Gasteiger partial charge in [0.25, 0.3) is 0 Å². The van der Waals surface area contributed by atoms with Crippen molar-refractivity contribution in [3.8, 4) is 0 Å². The van der Waals surface area contributed by atoms with E-state index in [1.807, 2.05) is 19.1 Å². The van der Waals surface area contributed by atoms with Gasteiger partial charge in [-0.05, 0) is 36.8 Å². The van der Waals surface area contributed by atoms with Crippen LogP contribution in [0.25, 0.3) is 10.2 Å². The molecular formula is C21H23ClFN5O3S. The first kappa shape index (κ1) is 22.7. The molecule has 1 saturated heterocycles. The number of pyridine rings is 1. The van der Waals surface area contributed by atoms with Gasteiger partial charge in [0.05, 0.1) is 22.9 Å². The molecule has 32 heavy (non-hydrogen) atoms. The number of halogens is 2. The molecule has 0 aliphatic carbocycles. The van der Waals surface area contributed by atoms with Crippen LogP contribution in [-0.2, 0) is 6.42 Å². The highest BCUT2D eigenvalue weighted by Gasteiger charge is 2.30. The average molecular weight is 480 g/mol. The van der Waals surface area contributed by atoms with E-state index in [2.05, 4.69) is 15.3 Å². The van der Waals surface area contributed by atoms with E-state index in [-0.39, 0.29) is 24.3 Å². The van der Waals surface area contributed by atoms with Gasteiger partial charge in [0.15, 0.2) is 16.8 Å². The third kappa shape index (κ3) is 4.93. The van der Waals surface area contributed by atoms with Gasteiger partial charge in [-0.3, -0.25) is 5.32 Å². The molecule has 11 heteroatoms. The Labute approximate surface area is 193 Å². The summed E-state index contributed by atoms with van der Waals surface area (Å²) in [6.45, 7) is 2.75. The highest BCUT2D eigenvalue weighted by molar-refractivity contribution is 7.22. The maximum atomic E-state index is 14.6. The van der Waals surface area contributed by atoms with Crippen LogP contribution in [-0.4, -0.2) is 69.5 Å². The Morgan fingerprint density at radius 2 is 2.22 bits per heavy atom. The molecule has 3 heterocycles. The number of benzene rings is 1. The fourth-order valence-electron chi connectivity index (χ4n) is 3.72. The van der Waals surface area contributed by atoms with Crippen LogP contribution >= 0.6 is 22.9 Å². The number of rotatable bonds is 5. The Hall–Kier alpha value is -2.53. The number of anilines is 2. The lowest BCUT2D eigenvalue weighted by Gasteiger charge is -2.40. The summed E-state index contributed by atoms with van der Waals surface area (Å²) in [5, 5.41) is 22.4. The van der Waals surface area contributed by atoms with Crippen LogP contribution in [0, 0.1) is 5.82 Å². The van der Waals surface area contributed by atoms with Crippen molar-refractivity contribution in [2.24, 2.45) is 0 Å². The number of piperazine rings is 1. The molecule has 0 saturated carbocycles. The molecule has 0 bridgehead atoms. The molecule has 3 N–H and O–H groups in total. The minimum absolute atomic E-state index is 0.128. The second-order valence-electron chi connectivity index (χ2n) is 7.74. The lowest BCUT2D eigenvalue weighted by Crippen LogP contribution is -2.55. The van der Waals surface area contributed by atoms with E-state index in [1.54, 1.807) is 15.9 Å². The quantitative estimate of drug-likeness (QED) is 0.519. The predicted molar refractivity (Wildman–Crippen MR) is 123 cm³/mol. The van der Waals surface area contributed by atoms with Crippen molar-refractivity contribution in [1.29, 1.82) is 0 Å². The van der Waals surface area contributed by atoms with Crippen LogP contribution in [0.1, 0.15) is 12.5 Å². The standard InChI is InChI=1S/C21H23ClFN5O3S/c1-12-10-27(19-16(23)7-13(9-24-19)6-15(30)11-29)4-5-28(12)21(31)26-20-25-17-3-2-14(22)8-18(17)32-20/h2-3,7-9,12,15,29-30H,4-6,10-11H2,1H3,(H,25,26,31)/t12-,15-/m1/s1. The number of amides is 2. The van der Waals surface area contributed by atoms with Gasteiger partial charge < -0.3 is 20.0 Å². The number of nitrogens with zero attached hydrogens (tertiary/aromatic N) is 4. The van der Waals surface area contributed by atoms with E-state index in [4.69, 9.17) is 16.7 Å². The number of urea groups is 1. The summed E-state index contributed by atoms with van der Waals surface area (Å²) < 4.78 is 15.5. The molecule has 0 spiro atoms. The Bertz CT molecular complexity index is 1130. The van der Waals surface area contributed by atoms with Crippen LogP contribution < -0.4 is 10.2 Å². The Morgan fingerprint density at radius 1 is 1.41 bits per heavy atom. The number of aliphatic hydroxyl groups is 2. The number of nitrogens with one attached hydrogen (secondary N) is 1. The van der Waals surface area contributed by atoms with Crippen molar-refractivity contribution in [3.63, 3.8) is 0 Å². The predicted octanol–water partition coefficient (Wildman–Crippen LogP) is 3.12. The van der Waals surface area contributed by atoms with Crippen LogP contribution in [0.4, 0.5) is 20.1 Å². The number of aromatic nitrogens is 2. The number of carbonyl (C=O) groups excluding carboxylic acids is 1. The van der Waals surface area contributed by atoms with E-state index in [1.165, 1.54) is 23.6 Å². The van der Waals surface area contributed by atoms with Gasteiger partial charge >= 0.3 is 6.03 Å². The first-order valence-corrected chi connectivity index (χ1v) is 11.4. The number of fused-ring (bicyclic) bond motifs is 1. The summed E-state index contributed by atoms with van der Waals surface area (Å²) >= 11 is 7.37. The lowest BCUT2D eigenvalue weighted by atomic mass is 10.1. The van der Waals surface area contributed by atoms with E-state index in [0.29, 0.717) is 35.4 Å². The summed E-state index contributed by atoms with van der Waals surface area (Å²) in [7, 11) is 0. The maximum absolute atomic E-state index is 14.6. The molecule has 2 amide bonds. The smallest absolute Gasteiger partial charge is 0.324 e. The number of hydrogen-bond donors (Lipinski definition) is 3. The zero-order valence-electron chi connectivity index (χ0n) is 17.3. The van der Waals surface area contributed by atoms with Crippen molar-refractivity contribution in [2.75, 3.05) is 36.5 Å². The van der Waals surface area contributed by atoms with Crippen LogP contribution in [0.5, 0.6) is 0 Å². The van der Waals surface area contributed by atoms with Crippen LogP contribution in [0.2, 0.25) is 5.02 Å². The Balaban J connectivity index is 1.39. The van der Waals surface area contributed by atoms with E-state index in [9.17, 15) is 14.3 Å².